The van der Waals surface area contributed by atoms with Crippen LogP contribution < -0.4 is 10.6 Å². The normalized spacial score (nSPS) is 14.0. The van der Waals surface area contributed by atoms with Crippen molar-refractivity contribution in [2.75, 3.05) is 17.7 Å². The smallest absolute Gasteiger partial charge is 0.277 e. The fraction of sp³-hybridized carbons (Fsp3) is 0.190. The number of hydrogen-bond acceptors (Lipinski definition) is 4. The summed E-state index contributed by atoms with van der Waals surface area (Å²) in [5, 5.41) is 5.77. The molecule has 138 valence electrons. The summed E-state index contributed by atoms with van der Waals surface area (Å²) in [6.07, 6.45) is 0. The molecule has 0 atom stereocenters. The van der Waals surface area contributed by atoms with Crippen LogP contribution in [-0.4, -0.2) is 29.7 Å². The van der Waals surface area contributed by atoms with Crippen LogP contribution >= 0.6 is 0 Å². The van der Waals surface area contributed by atoms with Gasteiger partial charge in [-0.2, -0.15) is 0 Å². The van der Waals surface area contributed by atoms with Crippen LogP contribution in [0.1, 0.15) is 23.6 Å². The molecule has 6 nitrogen and oxygen atoms in total. The number of nitrogens with zero attached hydrogens (tertiary/aromatic N) is 1. The van der Waals surface area contributed by atoms with E-state index in [4.69, 9.17) is 0 Å². The standard InChI is InChI=1S/C21H21N3O3/c1-12-5-10-17(13(2)11-12)18-19(21(27)24(4)20(18)26)23-16-8-6-15(7-9-16)22-14(3)25/h5-11,23H,1-4H3,(H,22,25). The van der Waals surface area contributed by atoms with E-state index >= 15 is 0 Å². The number of rotatable bonds is 4. The Labute approximate surface area is 157 Å². The quantitative estimate of drug-likeness (QED) is 0.819. The predicted molar refractivity (Wildman–Crippen MR) is 105 cm³/mol. The Hall–Kier alpha value is -3.41. The summed E-state index contributed by atoms with van der Waals surface area (Å²) in [6, 6.07) is 12.7. The lowest BCUT2D eigenvalue weighted by molar-refractivity contribution is -0.135. The van der Waals surface area contributed by atoms with Gasteiger partial charge in [-0.3, -0.25) is 19.3 Å². The van der Waals surface area contributed by atoms with Crippen LogP contribution in [0.3, 0.4) is 0 Å². The third kappa shape index (κ3) is 3.60. The molecule has 0 saturated heterocycles. The van der Waals surface area contributed by atoms with E-state index in [2.05, 4.69) is 10.6 Å². The molecule has 0 radical (unpaired) electrons. The van der Waals surface area contributed by atoms with Crippen molar-refractivity contribution in [1.82, 2.24) is 4.90 Å². The molecule has 27 heavy (non-hydrogen) atoms. The SMILES string of the molecule is CC(=O)Nc1ccc(NC2=C(c3ccc(C)cc3C)C(=O)N(C)C2=O)cc1. The summed E-state index contributed by atoms with van der Waals surface area (Å²) >= 11 is 0. The Balaban J connectivity index is 2.00. The van der Waals surface area contributed by atoms with Gasteiger partial charge < -0.3 is 10.6 Å². The lowest BCUT2D eigenvalue weighted by Crippen LogP contribution is -2.27. The number of aryl methyl sites for hydroxylation is 2. The van der Waals surface area contributed by atoms with Crippen molar-refractivity contribution in [3.8, 4) is 0 Å². The molecular formula is C21H21N3O3. The van der Waals surface area contributed by atoms with Gasteiger partial charge in [-0.15, -0.1) is 0 Å². The minimum Gasteiger partial charge on any atom is -0.350 e. The summed E-state index contributed by atoms with van der Waals surface area (Å²) in [6.45, 7) is 5.34. The number of benzene rings is 2. The second-order valence-corrected chi connectivity index (χ2v) is 6.62. The van der Waals surface area contributed by atoms with Crippen molar-refractivity contribution >= 4 is 34.7 Å². The molecule has 1 aliphatic heterocycles. The van der Waals surface area contributed by atoms with E-state index in [1.165, 1.54) is 14.0 Å². The first-order chi connectivity index (χ1) is 12.8. The van der Waals surface area contributed by atoms with Crippen LogP contribution in [0.5, 0.6) is 0 Å². The van der Waals surface area contributed by atoms with E-state index in [0.717, 1.165) is 21.6 Å². The molecule has 0 bridgehead atoms. The van der Waals surface area contributed by atoms with E-state index < -0.39 is 0 Å². The molecule has 1 aliphatic rings. The molecule has 6 heteroatoms. The van der Waals surface area contributed by atoms with Gasteiger partial charge >= 0.3 is 0 Å². The van der Waals surface area contributed by atoms with Gasteiger partial charge in [-0.1, -0.05) is 23.8 Å². The molecule has 0 aliphatic carbocycles. The second-order valence-electron chi connectivity index (χ2n) is 6.62. The average molecular weight is 363 g/mol. The Morgan fingerprint density at radius 1 is 0.926 bits per heavy atom. The van der Waals surface area contributed by atoms with E-state index in [9.17, 15) is 14.4 Å². The van der Waals surface area contributed by atoms with Crippen molar-refractivity contribution in [2.45, 2.75) is 20.8 Å². The third-order valence-electron chi connectivity index (χ3n) is 4.41. The van der Waals surface area contributed by atoms with Gasteiger partial charge in [0.2, 0.25) is 5.91 Å². The fourth-order valence-electron chi connectivity index (χ4n) is 3.09. The van der Waals surface area contributed by atoms with Crippen LogP contribution in [0.25, 0.3) is 5.57 Å². The molecule has 3 rings (SSSR count). The molecular weight excluding hydrogens is 342 g/mol. The van der Waals surface area contributed by atoms with Crippen molar-refractivity contribution < 1.29 is 14.4 Å². The maximum Gasteiger partial charge on any atom is 0.277 e. The van der Waals surface area contributed by atoms with Crippen LogP contribution in [0.2, 0.25) is 0 Å². The summed E-state index contributed by atoms with van der Waals surface area (Å²) < 4.78 is 0. The Morgan fingerprint density at radius 3 is 2.15 bits per heavy atom. The number of carbonyl (C=O) groups excluding carboxylic acids is 3. The van der Waals surface area contributed by atoms with Gasteiger partial charge in [0.15, 0.2) is 0 Å². The highest BCUT2D eigenvalue weighted by molar-refractivity contribution is 6.36. The molecule has 1 heterocycles. The monoisotopic (exact) mass is 363 g/mol. The molecule has 3 amide bonds. The molecule has 0 fully saturated rings. The zero-order valence-corrected chi connectivity index (χ0v) is 15.7. The molecule has 0 saturated carbocycles. The number of anilines is 2. The highest BCUT2D eigenvalue weighted by atomic mass is 16.2. The third-order valence-corrected chi connectivity index (χ3v) is 4.41. The minimum atomic E-state index is -0.374. The van der Waals surface area contributed by atoms with Gasteiger partial charge in [0.25, 0.3) is 11.8 Å². The lowest BCUT2D eigenvalue weighted by atomic mass is 9.97. The predicted octanol–water partition coefficient (Wildman–Crippen LogP) is 3.08. The van der Waals surface area contributed by atoms with E-state index in [0.29, 0.717) is 16.9 Å². The number of carbonyl (C=O) groups is 3. The molecule has 0 aromatic heterocycles. The number of hydrogen-bond donors (Lipinski definition) is 2. The zero-order chi connectivity index (χ0) is 19.7. The average Bonchev–Trinajstić information content (AvgIpc) is 2.81. The largest absolute Gasteiger partial charge is 0.350 e. The Morgan fingerprint density at radius 2 is 1.56 bits per heavy atom. The summed E-state index contributed by atoms with van der Waals surface area (Å²) in [5.74, 6) is -0.862. The van der Waals surface area contributed by atoms with Gasteiger partial charge in [0.05, 0.1) is 5.57 Å². The molecule has 0 unspecified atom stereocenters. The Bertz CT molecular complexity index is 975. The number of imide groups is 1. The maximum atomic E-state index is 12.7. The van der Waals surface area contributed by atoms with Crippen molar-refractivity contribution in [3.63, 3.8) is 0 Å². The van der Waals surface area contributed by atoms with Crippen molar-refractivity contribution in [3.05, 3.63) is 64.9 Å². The van der Waals surface area contributed by atoms with Crippen LogP contribution in [0.15, 0.2) is 48.2 Å². The second kappa shape index (κ2) is 7.07. The highest BCUT2D eigenvalue weighted by Gasteiger charge is 2.37. The highest BCUT2D eigenvalue weighted by Crippen LogP contribution is 2.31. The van der Waals surface area contributed by atoms with E-state index in [1.807, 2.05) is 32.0 Å². The first-order valence-corrected chi connectivity index (χ1v) is 8.57. The van der Waals surface area contributed by atoms with Crippen molar-refractivity contribution in [2.24, 2.45) is 0 Å². The van der Waals surface area contributed by atoms with Crippen LogP contribution in [-0.2, 0) is 14.4 Å². The molecule has 0 spiro atoms. The van der Waals surface area contributed by atoms with Gasteiger partial charge in [-0.05, 0) is 49.2 Å². The minimum absolute atomic E-state index is 0.159. The van der Waals surface area contributed by atoms with E-state index in [1.54, 1.807) is 24.3 Å². The zero-order valence-electron chi connectivity index (χ0n) is 15.7. The van der Waals surface area contributed by atoms with Crippen LogP contribution in [0, 0.1) is 13.8 Å². The van der Waals surface area contributed by atoms with Crippen LogP contribution in [0.4, 0.5) is 11.4 Å². The number of likely N-dealkylation sites (N-methyl/N-ethyl adjacent to an activating group) is 1. The number of nitrogens with one attached hydrogen (secondary N) is 2. The maximum absolute atomic E-state index is 12.7. The molecule has 2 aromatic rings. The van der Waals surface area contributed by atoms with Gasteiger partial charge in [-0.25, -0.2) is 0 Å². The van der Waals surface area contributed by atoms with Crippen molar-refractivity contribution in [1.29, 1.82) is 0 Å². The summed E-state index contributed by atoms with van der Waals surface area (Å²) in [5.41, 5.74) is 4.68. The van der Waals surface area contributed by atoms with Gasteiger partial charge in [0.1, 0.15) is 5.70 Å². The first-order valence-electron chi connectivity index (χ1n) is 8.57. The van der Waals surface area contributed by atoms with E-state index in [-0.39, 0.29) is 23.4 Å². The molecule has 2 N–H and O–H groups in total. The Kier molecular flexibility index (Phi) is 4.81. The summed E-state index contributed by atoms with van der Waals surface area (Å²) in [7, 11) is 1.47. The fourth-order valence-corrected chi connectivity index (χ4v) is 3.09. The van der Waals surface area contributed by atoms with Gasteiger partial charge in [0, 0.05) is 25.3 Å². The topological polar surface area (TPSA) is 78.5 Å². The lowest BCUT2D eigenvalue weighted by Gasteiger charge is -2.11. The summed E-state index contributed by atoms with van der Waals surface area (Å²) in [4.78, 5) is 37.6. The number of amides is 3. The first kappa shape index (κ1) is 18.4. The molecule has 2 aromatic carbocycles.